The van der Waals surface area contributed by atoms with Crippen molar-refractivity contribution in [2.24, 2.45) is 0 Å². The third-order valence-corrected chi connectivity index (χ3v) is 6.84. The smallest absolute Gasteiger partial charge is 0.130 e. The number of benzene rings is 2. The number of anilines is 1. The fraction of sp³-hybridized carbons (Fsp3) is 0.370. The topological polar surface area (TPSA) is 31.4 Å². The second kappa shape index (κ2) is 8.45. The lowest BCUT2D eigenvalue weighted by Gasteiger charge is -2.32. The second-order valence-corrected chi connectivity index (χ2v) is 9.26. The van der Waals surface area contributed by atoms with Crippen molar-refractivity contribution in [2.45, 2.75) is 32.4 Å². The first-order chi connectivity index (χ1) is 15.1. The zero-order valence-electron chi connectivity index (χ0n) is 18.8. The molecular formula is C27H32N4. The van der Waals surface area contributed by atoms with Crippen LogP contribution in [0.15, 0.2) is 60.8 Å². The van der Waals surface area contributed by atoms with Crippen LogP contribution in [0.1, 0.15) is 35.1 Å². The third kappa shape index (κ3) is 4.23. The van der Waals surface area contributed by atoms with Gasteiger partial charge in [-0.05, 0) is 43.7 Å². The van der Waals surface area contributed by atoms with Gasteiger partial charge in [0.1, 0.15) is 5.82 Å². The van der Waals surface area contributed by atoms with Crippen LogP contribution >= 0.6 is 0 Å². The van der Waals surface area contributed by atoms with Gasteiger partial charge in [-0.15, -0.1) is 0 Å². The molecule has 0 saturated carbocycles. The molecule has 0 aliphatic carbocycles. The van der Waals surface area contributed by atoms with Crippen molar-refractivity contribution in [3.05, 3.63) is 83.0 Å². The van der Waals surface area contributed by atoms with Crippen molar-refractivity contribution in [3.8, 4) is 11.1 Å². The van der Waals surface area contributed by atoms with Crippen LogP contribution in [0.2, 0.25) is 0 Å². The van der Waals surface area contributed by atoms with Gasteiger partial charge in [0, 0.05) is 62.0 Å². The minimum Gasteiger partial charge on any atom is -0.366 e. The van der Waals surface area contributed by atoms with Crippen molar-refractivity contribution in [2.75, 3.05) is 38.5 Å². The van der Waals surface area contributed by atoms with E-state index in [1.807, 2.05) is 6.20 Å². The maximum absolute atomic E-state index is 4.78. The van der Waals surface area contributed by atoms with E-state index < -0.39 is 0 Å². The fourth-order valence-electron chi connectivity index (χ4n) is 4.87. The van der Waals surface area contributed by atoms with Gasteiger partial charge in [0.05, 0.1) is 0 Å². The molecule has 2 aromatic carbocycles. The van der Waals surface area contributed by atoms with E-state index in [0.717, 1.165) is 38.5 Å². The van der Waals surface area contributed by atoms with E-state index in [9.17, 15) is 0 Å². The van der Waals surface area contributed by atoms with E-state index in [0.29, 0.717) is 12.0 Å². The molecule has 31 heavy (non-hydrogen) atoms. The van der Waals surface area contributed by atoms with Gasteiger partial charge >= 0.3 is 0 Å². The minimum atomic E-state index is 0.333. The lowest BCUT2D eigenvalue weighted by atomic mass is 9.88. The number of aryl methyl sites for hydroxylation is 1. The Morgan fingerprint density at radius 1 is 0.935 bits per heavy atom. The number of aromatic nitrogens is 1. The molecule has 1 fully saturated rings. The third-order valence-electron chi connectivity index (χ3n) is 6.84. The summed E-state index contributed by atoms with van der Waals surface area (Å²) in [5.41, 5.74) is 7.76. The van der Waals surface area contributed by atoms with Crippen LogP contribution in [0.3, 0.4) is 0 Å². The molecule has 5 rings (SSSR count). The quantitative estimate of drug-likeness (QED) is 0.670. The number of hydrogen-bond acceptors (Lipinski definition) is 4. The van der Waals surface area contributed by atoms with Gasteiger partial charge < -0.3 is 10.2 Å². The van der Waals surface area contributed by atoms with E-state index in [2.05, 4.69) is 90.6 Å². The van der Waals surface area contributed by atoms with Gasteiger partial charge in [0.15, 0.2) is 0 Å². The van der Waals surface area contributed by atoms with Crippen LogP contribution < -0.4 is 5.32 Å². The Labute approximate surface area is 185 Å². The molecule has 0 bridgehead atoms. The van der Waals surface area contributed by atoms with Crippen LogP contribution in [-0.4, -0.2) is 54.1 Å². The molecule has 4 nitrogen and oxygen atoms in total. The Hall–Kier alpha value is -2.69. The maximum Gasteiger partial charge on any atom is 0.130 e. The summed E-state index contributed by atoms with van der Waals surface area (Å²) in [6.45, 7) is 10.0. The fourth-order valence-corrected chi connectivity index (χ4v) is 4.87. The van der Waals surface area contributed by atoms with Crippen molar-refractivity contribution in [3.63, 3.8) is 0 Å². The number of piperazine rings is 1. The van der Waals surface area contributed by atoms with Gasteiger partial charge in [0.25, 0.3) is 0 Å². The summed E-state index contributed by atoms with van der Waals surface area (Å²) in [5.74, 6) is 1.35. The summed E-state index contributed by atoms with van der Waals surface area (Å²) >= 11 is 0. The Kier molecular flexibility index (Phi) is 5.51. The highest BCUT2D eigenvalue weighted by atomic mass is 15.2. The zero-order chi connectivity index (χ0) is 21.4. The Morgan fingerprint density at radius 3 is 2.35 bits per heavy atom. The number of nitrogens with zero attached hydrogens (tertiary/aromatic N) is 3. The first-order valence-corrected chi connectivity index (χ1v) is 11.4. The second-order valence-electron chi connectivity index (χ2n) is 9.26. The van der Waals surface area contributed by atoms with Crippen molar-refractivity contribution in [1.29, 1.82) is 0 Å². The molecular weight excluding hydrogens is 380 g/mol. The van der Waals surface area contributed by atoms with E-state index in [-0.39, 0.29) is 0 Å². The summed E-state index contributed by atoms with van der Waals surface area (Å²) in [7, 11) is 2.20. The molecule has 1 N–H and O–H groups in total. The minimum absolute atomic E-state index is 0.333. The highest BCUT2D eigenvalue weighted by molar-refractivity contribution is 5.69. The van der Waals surface area contributed by atoms with Crippen molar-refractivity contribution in [1.82, 2.24) is 14.8 Å². The molecule has 2 aliphatic rings. The summed E-state index contributed by atoms with van der Waals surface area (Å²) < 4.78 is 0. The summed E-state index contributed by atoms with van der Waals surface area (Å²) in [4.78, 5) is 9.73. The normalized spacial score (nSPS) is 21.6. The molecule has 0 amide bonds. The monoisotopic (exact) mass is 412 g/mol. The van der Waals surface area contributed by atoms with E-state index in [1.165, 1.54) is 33.4 Å². The predicted octanol–water partition coefficient (Wildman–Crippen LogP) is 4.75. The lowest BCUT2D eigenvalue weighted by molar-refractivity contribution is 0.148. The number of likely N-dealkylation sites (N-methyl/N-ethyl adjacent to an activating group) is 1. The Bertz CT molecular complexity index is 1030. The summed E-state index contributed by atoms with van der Waals surface area (Å²) in [5, 5.41) is 3.58. The molecule has 0 radical (unpaired) electrons. The standard InChI is InChI=1S/C27H32N4/c1-19-4-8-23(9-5-19)26-20(2)29-27-25(26)16-24(17-28-27)22-10-6-21(7-11-22)18-31-14-12-30(3)13-15-31/h4-11,16-17,20,26H,12-15,18H2,1-3H3,(H,28,29). The highest BCUT2D eigenvalue weighted by Gasteiger charge is 2.31. The van der Waals surface area contributed by atoms with Crippen LogP contribution in [0.25, 0.3) is 11.1 Å². The summed E-state index contributed by atoms with van der Waals surface area (Å²) in [6, 6.07) is 20.7. The molecule has 2 aliphatic heterocycles. The van der Waals surface area contributed by atoms with Crippen molar-refractivity contribution >= 4 is 5.82 Å². The van der Waals surface area contributed by atoms with Crippen LogP contribution in [0.4, 0.5) is 5.82 Å². The van der Waals surface area contributed by atoms with Crippen LogP contribution in [-0.2, 0) is 6.54 Å². The van der Waals surface area contributed by atoms with Gasteiger partial charge in [-0.3, -0.25) is 4.90 Å². The first kappa shape index (κ1) is 20.2. The molecule has 160 valence electrons. The summed E-state index contributed by atoms with van der Waals surface area (Å²) in [6.07, 6.45) is 2.01. The Balaban J connectivity index is 1.36. The average Bonchev–Trinajstić information content (AvgIpc) is 3.11. The number of nitrogens with one attached hydrogen (secondary N) is 1. The largest absolute Gasteiger partial charge is 0.366 e. The Morgan fingerprint density at radius 2 is 1.65 bits per heavy atom. The number of pyridine rings is 1. The predicted molar refractivity (Wildman–Crippen MR) is 129 cm³/mol. The van der Waals surface area contributed by atoms with Crippen molar-refractivity contribution < 1.29 is 0 Å². The van der Waals surface area contributed by atoms with Crippen LogP contribution in [0, 0.1) is 6.92 Å². The SMILES string of the molecule is Cc1ccc(C2c3cc(-c4ccc(CN5CCN(C)CC5)cc4)cnc3NC2C)cc1. The lowest BCUT2D eigenvalue weighted by Crippen LogP contribution is -2.43. The number of hydrogen-bond donors (Lipinski definition) is 1. The molecule has 2 atom stereocenters. The number of fused-ring (bicyclic) bond motifs is 1. The zero-order valence-corrected chi connectivity index (χ0v) is 18.8. The van der Waals surface area contributed by atoms with Gasteiger partial charge in [-0.25, -0.2) is 4.98 Å². The molecule has 3 aromatic rings. The molecule has 1 saturated heterocycles. The maximum atomic E-state index is 4.78. The van der Waals surface area contributed by atoms with Gasteiger partial charge in [0.2, 0.25) is 0 Å². The molecule has 0 spiro atoms. The molecule has 1 aromatic heterocycles. The van der Waals surface area contributed by atoms with E-state index in [4.69, 9.17) is 4.98 Å². The van der Waals surface area contributed by atoms with Gasteiger partial charge in [-0.2, -0.15) is 0 Å². The molecule has 4 heteroatoms. The van der Waals surface area contributed by atoms with E-state index in [1.54, 1.807) is 0 Å². The molecule has 2 unspecified atom stereocenters. The number of rotatable bonds is 4. The van der Waals surface area contributed by atoms with E-state index >= 15 is 0 Å². The molecule has 3 heterocycles. The first-order valence-electron chi connectivity index (χ1n) is 11.4. The van der Waals surface area contributed by atoms with Gasteiger partial charge in [-0.1, -0.05) is 54.1 Å². The highest BCUT2D eigenvalue weighted by Crippen LogP contribution is 2.40. The average molecular weight is 413 g/mol. The van der Waals surface area contributed by atoms with Crippen LogP contribution in [0.5, 0.6) is 0 Å².